The van der Waals surface area contributed by atoms with Gasteiger partial charge in [-0.3, -0.25) is 9.59 Å². The molecule has 5 nitrogen and oxygen atoms in total. The SMILES string of the molecule is CCCOC(=O)C(OC(=O)C1CC2C=CC1C2=O)C1CC2CCC1C2. The molecule has 3 fully saturated rings. The van der Waals surface area contributed by atoms with E-state index in [1.165, 1.54) is 6.42 Å². The fourth-order valence-electron chi connectivity index (χ4n) is 5.35. The number of allylic oxidation sites excluding steroid dienone is 2. The van der Waals surface area contributed by atoms with E-state index in [2.05, 4.69) is 0 Å². The van der Waals surface area contributed by atoms with E-state index in [0.29, 0.717) is 24.9 Å². The third-order valence-corrected chi connectivity index (χ3v) is 6.59. The summed E-state index contributed by atoms with van der Waals surface area (Å²) in [6, 6.07) is 0. The minimum atomic E-state index is -0.799. The van der Waals surface area contributed by atoms with E-state index >= 15 is 0 Å². The summed E-state index contributed by atoms with van der Waals surface area (Å²) in [6.07, 6.45) is 8.59. The van der Waals surface area contributed by atoms with Crippen LogP contribution in [0.15, 0.2) is 12.2 Å². The van der Waals surface area contributed by atoms with Crippen molar-refractivity contribution in [3.8, 4) is 0 Å². The number of carbonyl (C=O) groups is 3. The Hall–Kier alpha value is -1.65. The standard InChI is InChI=1S/C20H26O5/c1-2-7-24-20(23)18(15-9-11-3-4-12(15)8-11)25-19(22)16-10-13-5-6-14(16)17(13)21/h5-6,11-16,18H,2-4,7-10H2,1H3. The van der Waals surface area contributed by atoms with Gasteiger partial charge in [0.15, 0.2) is 0 Å². The Kier molecular flexibility index (Phi) is 4.42. The Morgan fingerprint density at radius 1 is 1.20 bits per heavy atom. The molecule has 4 bridgehead atoms. The highest BCUT2D eigenvalue weighted by Gasteiger charge is 2.51. The van der Waals surface area contributed by atoms with Gasteiger partial charge in [-0.05, 0) is 43.9 Å². The highest BCUT2D eigenvalue weighted by atomic mass is 16.6. The predicted molar refractivity (Wildman–Crippen MR) is 89.3 cm³/mol. The van der Waals surface area contributed by atoms with Crippen LogP contribution in [0.2, 0.25) is 0 Å². The molecular formula is C20H26O5. The van der Waals surface area contributed by atoms with Gasteiger partial charge in [0.25, 0.3) is 0 Å². The lowest BCUT2D eigenvalue weighted by atomic mass is 9.84. The molecule has 0 heterocycles. The summed E-state index contributed by atoms with van der Waals surface area (Å²) in [4.78, 5) is 37.3. The smallest absolute Gasteiger partial charge is 0.347 e. The fraction of sp³-hybridized carbons (Fsp3) is 0.750. The molecule has 0 spiro atoms. The van der Waals surface area contributed by atoms with Crippen LogP contribution in [0.4, 0.5) is 0 Å². The van der Waals surface area contributed by atoms with Gasteiger partial charge in [-0.15, -0.1) is 0 Å². The quantitative estimate of drug-likeness (QED) is 0.546. The van der Waals surface area contributed by atoms with Crippen molar-refractivity contribution in [1.29, 1.82) is 0 Å². The van der Waals surface area contributed by atoms with Crippen molar-refractivity contribution in [1.82, 2.24) is 0 Å². The van der Waals surface area contributed by atoms with E-state index < -0.39 is 24.0 Å². The largest absolute Gasteiger partial charge is 0.463 e. The topological polar surface area (TPSA) is 69.7 Å². The van der Waals surface area contributed by atoms with Gasteiger partial charge >= 0.3 is 11.9 Å². The zero-order chi connectivity index (χ0) is 17.6. The van der Waals surface area contributed by atoms with Crippen LogP contribution in [0.25, 0.3) is 0 Å². The molecule has 4 rings (SSSR count). The van der Waals surface area contributed by atoms with Crippen LogP contribution in [0, 0.1) is 35.5 Å². The lowest BCUT2D eigenvalue weighted by Crippen LogP contribution is -2.40. The summed E-state index contributed by atoms with van der Waals surface area (Å²) >= 11 is 0. The molecule has 0 N–H and O–H groups in total. The van der Waals surface area contributed by atoms with E-state index in [1.54, 1.807) is 0 Å². The van der Waals surface area contributed by atoms with Crippen molar-refractivity contribution in [3.63, 3.8) is 0 Å². The second-order valence-corrected chi connectivity index (χ2v) is 8.13. The molecule has 4 aliphatic carbocycles. The maximum absolute atomic E-state index is 12.7. The number of ether oxygens (including phenoxy) is 2. The van der Waals surface area contributed by atoms with Crippen LogP contribution in [-0.4, -0.2) is 30.4 Å². The number of hydrogen-bond acceptors (Lipinski definition) is 5. The fourth-order valence-corrected chi connectivity index (χ4v) is 5.35. The summed E-state index contributed by atoms with van der Waals surface area (Å²) in [7, 11) is 0. The highest BCUT2D eigenvalue weighted by molar-refractivity contribution is 5.97. The molecule has 5 heteroatoms. The first-order valence-corrected chi connectivity index (χ1v) is 9.67. The number of ketones is 1. The third kappa shape index (κ3) is 2.91. The van der Waals surface area contributed by atoms with Crippen molar-refractivity contribution in [2.75, 3.05) is 6.61 Å². The summed E-state index contributed by atoms with van der Waals surface area (Å²) in [6.45, 7) is 2.29. The molecule has 0 aromatic heterocycles. The lowest BCUT2D eigenvalue weighted by molar-refractivity contribution is -0.176. The normalized spacial score (nSPS) is 39.0. The van der Waals surface area contributed by atoms with Crippen molar-refractivity contribution in [3.05, 3.63) is 12.2 Å². The van der Waals surface area contributed by atoms with Crippen molar-refractivity contribution < 1.29 is 23.9 Å². The Morgan fingerprint density at radius 3 is 2.60 bits per heavy atom. The second kappa shape index (κ2) is 6.58. The maximum Gasteiger partial charge on any atom is 0.347 e. The van der Waals surface area contributed by atoms with Crippen LogP contribution in [0.5, 0.6) is 0 Å². The van der Waals surface area contributed by atoms with Crippen LogP contribution in [0.1, 0.15) is 45.4 Å². The Labute approximate surface area is 148 Å². The number of Topliss-reactive ketones (excluding diaryl/α,β-unsaturated/α-hetero) is 1. The molecule has 0 aromatic rings. The molecule has 3 saturated carbocycles. The van der Waals surface area contributed by atoms with Crippen LogP contribution in [-0.2, 0) is 23.9 Å². The number of esters is 2. The first-order valence-electron chi connectivity index (χ1n) is 9.67. The maximum atomic E-state index is 12.7. The Bertz CT molecular complexity index is 609. The highest BCUT2D eigenvalue weighted by Crippen LogP contribution is 2.50. The molecule has 7 atom stereocenters. The first kappa shape index (κ1) is 16.8. The van der Waals surface area contributed by atoms with Crippen molar-refractivity contribution in [2.24, 2.45) is 35.5 Å². The van der Waals surface area contributed by atoms with E-state index in [-0.39, 0.29) is 23.5 Å². The van der Waals surface area contributed by atoms with E-state index in [0.717, 1.165) is 25.7 Å². The summed E-state index contributed by atoms with van der Waals surface area (Å²) < 4.78 is 11.1. The Balaban J connectivity index is 1.46. The van der Waals surface area contributed by atoms with E-state index in [1.807, 2.05) is 19.1 Å². The minimum absolute atomic E-state index is 0.0805. The van der Waals surface area contributed by atoms with Crippen LogP contribution in [0.3, 0.4) is 0 Å². The number of hydrogen-bond donors (Lipinski definition) is 0. The van der Waals surface area contributed by atoms with Gasteiger partial charge in [0.05, 0.1) is 12.5 Å². The van der Waals surface area contributed by atoms with Gasteiger partial charge < -0.3 is 9.47 Å². The lowest BCUT2D eigenvalue weighted by Gasteiger charge is -2.30. The average Bonchev–Trinajstić information content (AvgIpc) is 3.39. The van der Waals surface area contributed by atoms with E-state index in [9.17, 15) is 14.4 Å². The predicted octanol–water partition coefficient (Wildman–Crippen LogP) is 2.68. The molecular weight excluding hydrogens is 320 g/mol. The molecule has 0 amide bonds. The number of fused-ring (bicyclic) bond motifs is 4. The van der Waals surface area contributed by atoms with Crippen LogP contribution < -0.4 is 0 Å². The molecule has 0 aromatic carbocycles. The monoisotopic (exact) mass is 346 g/mol. The summed E-state index contributed by atoms with van der Waals surface area (Å²) in [5, 5.41) is 0. The minimum Gasteiger partial charge on any atom is -0.463 e. The number of rotatable bonds is 6. The zero-order valence-electron chi connectivity index (χ0n) is 14.7. The molecule has 4 aliphatic rings. The van der Waals surface area contributed by atoms with Crippen molar-refractivity contribution in [2.45, 2.75) is 51.6 Å². The summed E-state index contributed by atoms with van der Waals surface area (Å²) in [5.41, 5.74) is 0. The van der Waals surface area contributed by atoms with Gasteiger partial charge in [0.2, 0.25) is 6.10 Å². The van der Waals surface area contributed by atoms with Gasteiger partial charge in [0.1, 0.15) is 5.78 Å². The Morgan fingerprint density at radius 2 is 2.04 bits per heavy atom. The molecule has 7 unspecified atom stereocenters. The van der Waals surface area contributed by atoms with Gasteiger partial charge in [0, 0.05) is 17.8 Å². The van der Waals surface area contributed by atoms with Crippen LogP contribution >= 0.6 is 0 Å². The van der Waals surface area contributed by atoms with Crippen molar-refractivity contribution >= 4 is 17.7 Å². The molecule has 0 aliphatic heterocycles. The molecule has 0 saturated heterocycles. The van der Waals surface area contributed by atoms with Gasteiger partial charge in [-0.25, -0.2) is 4.79 Å². The molecule has 0 radical (unpaired) electrons. The van der Waals surface area contributed by atoms with E-state index in [4.69, 9.17) is 9.47 Å². The molecule has 136 valence electrons. The number of carbonyl (C=O) groups excluding carboxylic acids is 3. The molecule has 25 heavy (non-hydrogen) atoms. The van der Waals surface area contributed by atoms with Gasteiger partial charge in [-0.1, -0.05) is 25.5 Å². The zero-order valence-corrected chi connectivity index (χ0v) is 14.7. The third-order valence-electron chi connectivity index (χ3n) is 6.59. The second-order valence-electron chi connectivity index (χ2n) is 8.13. The van der Waals surface area contributed by atoms with Gasteiger partial charge in [-0.2, -0.15) is 0 Å². The summed E-state index contributed by atoms with van der Waals surface area (Å²) in [5.74, 6) is -0.420. The first-order chi connectivity index (χ1) is 12.1. The average molecular weight is 346 g/mol.